The summed E-state index contributed by atoms with van der Waals surface area (Å²) in [6.07, 6.45) is 3.58. The number of Topliss-reactive ketones (excluding diaryl/α,β-unsaturated/α-hetero) is 1. The number of benzene rings is 1. The molecular weight excluding hydrogens is 236 g/mol. The number of hydrogen-bond donors (Lipinski definition) is 1. The smallest absolute Gasteiger partial charge is 0.176 e. The van der Waals surface area contributed by atoms with Crippen LogP contribution in [-0.4, -0.2) is 42.9 Å². The molecule has 1 unspecified atom stereocenters. The van der Waals surface area contributed by atoms with Crippen LogP contribution < -0.4 is 5.32 Å². The van der Waals surface area contributed by atoms with Crippen LogP contribution in [-0.2, 0) is 0 Å². The lowest BCUT2D eigenvalue weighted by atomic mass is 10.0. The first-order valence-corrected chi connectivity index (χ1v) is 7.33. The highest BCUT2D eigenvalue weighted by Crippen LogP contribution is 2.11. The number of rotatable bonds is 6. The highest BCUT2D eigenvalue weighted by molar-refractivity contribution is 5.97. The number of nitrogens with zero attached hydrogens (tertiary/aromatic N) is 1. The summed E-state index contributed by atoms with van der Waals surface area (Å²) in [4.78, 5) is 14.5. The van der Waals surface area contributed by atoms with Crippen molar-refractivity contribution in [2.75, 3.05) is 26.2 Å². The van der Waals surface area contributed by atoms with Gasteiger partial charge in [0.25, 0.3) is 0 Å². The van der Waals surface area contributed by atoms with E-state index in [2.05, 4.69) is 17.1 Å². The van der Waals surface area contributed by atoms with Gasteiger partial charge in [0, 0.05) is 18.2 Å². The molecule has 0 saturated carbocycles. The topological polar surface area (TPSA) is 32.3 Å². The second kappa shape index (κ2) is 7.41. The summed E-state index contributed by atoms with van der Waals surface area (Å²) >= 11 is 0. The van der Waals surface area contributed by atoms with Crippen LogP contribution in [0.5, 0.6) is 0 Å². The quantitative estimate of drug-likeness (QED) is 0.797. The zero-order valence-corrected chi connectivity index (χ0v) is 11.8. The molecule has 0 aliphatic carbocycles. The van der Waals surface area contributed by atoms with E-state index >= 15 is 0 Å². The number of likely N-dealkylation sites (tertiary alicyclic amines) is 1. The second-order valence-corrected chi connectivity index (χ2v) is 5.32. The Kier molecular flexibility index (Phi) is 5.55. The first kappa shape index (κ1) is 14.2. The maximum Gasteiger partial charge on any atom is 0.176 e. The summed E-state index contributed by atoms with van der Waals surface area (Å²) in [5.41, 5.74) is 0.825. The van der Waals surface area contributed by atoms with E-state index in [1.807, 2.05) is 30.3 Å². The average molecular weight is 260 g/mol. The maximum atomic E-state index is 12.2. The summed E-state index contributed by atoms with van der Waals surface area (Å²) in [6.45, 7) is 5.85. The number of ketones is 1. The van der Waals surface area contributed by atoms with Crippen LogP contribution in [0, 0.1) is 0 Å². The number of carbonyl (C=O) groups excluding carboxylic acids is 1. The van der Waals surface area contributed by atoms with Gasteiger partial charge in [-0.25, -0.2) is 0 Å². The van der Waals surface area contributed by atoms with Crippen molar-refractivity contribution in [2.24, 2.45) is 0 Å². The summed E-state index contributed by atoms with van der Waals surface area (Å²) in [6, 6.07) is 10.2. The maximum absolute atomic E-state index is 12.2. The average Bonchev–Trinajstić information content (AvgIpc) is 2.46. The van der Waals surface area contributed by atoms with Gasteiger partial charge in [-0.3, -0.25) is 9.69 Å². The van der Waals surface area contributed by atoms with Gasteiger partial charge in [0.1, 0.15) is 0 Å². The molecule has 1 aromatic carbocycles. The minimum atomic E-state index is 0.233. The highest BCUT2D eigenvalue weighted by Gasteiger charge is 2.21. The predicted molar refractivity (Wildman–Crippen MR) is 78.5 cm³/mol. The molecule has 1 aliphatic rings. The van der Waals surface area contributed by atoms with Crippen molar-refractivity contribution in [3.63, 3.8) is 0 Å². The third kappa shape index (κ3) is 4.44. The van der Waals surface area contributed by atoms with Crippen LogP contribution in [0.2, 0.25) is 0 Å². The molecule has 1 fully saturated rings. The van der Waals surface area contributed by atoms with E-state index in [0.29, 0.717) is 12.6 Å². The van der Waals surface area contributed by atoms with E-state index in [1.165, 1.54) is 19.3 Å². The Morgan fingerprint density at radius 2 is 2.16 bits per heavy atom. The molecule has 19 heavy (non-hydrogen) atoms. The molecule has 0 aromatic heterocycles. The molecule has 3 heteroatoms. The van der Waals surface area contributed by atoms with Crippen LogP contribution >= 0.6 is 0 Å². The summed E-state index contributed by atoms with van der Waals surface area (Å²) in [5.74, 6) is 0.233. The van der Waals surface area contributed by atoms with Gasteiger partial charge in [-0.05, 0) is 32.4 Å². The first-order chi connectivity index (χ1) is 9.29. The monoisotopic (exact) mass is 260 g/mol. The van der Waals surface area contributed by atoms with Crippen molar-refractivity contribution in [3.05, 3.63) is 35.9 Å². The number of carbonyl (C=O) groups is 1. The van der Waals surface area contributed by atoms with E-state index in [4.69, 9.17) is 0 Å². The van der Waals surface area contributed by atoms with Crippen molar-refractivity contribution >= 4 is 5.78 Å². The van der Waals surface area contributed by atoms with Gasteiger partial charge in [0.15, 0.2) is 5.78 Å². The normalized spacial score (nSPS) is 20.4. The molecule has 0 amide bonds. The lowest BCUT2D eigenvalue weighted by molar-refractivity contribution is 0.0900. The molecule has 1 heterocycles. The Balaban J connectivity index is 1.83. The fraction of sp³-hybridized carbons (Fsp3) is 0.562. The molecule has 104 valence electrons. The standard InChI is InChI=1S/C16H24N2O/c1-2-10-17-15-9-6-11-18(12-15)13-16(19)14-7-4-3-5-8-14/h3-5,7-8,15,17H,2,6,9-13H2,1H3. The van der Waals surface area contributed by atoms with E-state index in [9.17, 15) is 4.79 Å². The molecule has 1 N–H and O–H groups in total. The van der Waals surface area contributed by atoms with E-state index in [1.54, 1.807) is 0 Å². The van der Waals surface area contributed by atoms with Crippen molar-refractivity contribution in [1.29, 1.82) is 0 Å². The zero-order valence-electron chi connectivity index (χ0n) is 11.8. The van der Waals surface area contributed by atoms with Gasteiger partial charge >= 0.3 is 0 Å². The van der Waals surface area contributed by atoms with Gasteiger partial charge in [0.05, 0.1) is 6.54 Å². The fourth-order valence-corrected chi connectivity index (χ4v) is 2.63. The van der Waals surface area contributed by atoms with Crippen molar-refractivity contribution in [3.8, 4) is 0 Å². The van der Waals surface area contributed by atoms with Crippen LogP contribution in [0.25, 0.3) is 0 Å². The Morgan fingerprint density at radius 3 is 2.89 bits per heavy atom. The van der Waals surface area contributed by atoms with E-state index in [-0.39, 0.29) is 5.78 Å². The molecule has 2 rings (SSSR count). The minimum Gasteiger partial charge on any atom is -0.313 e. The third-order valence-electron chi connectivity index (χ3n) is 3.65. The Morgan fingerprint density at radius 1 is 1.37 bits per heavy atom. The number of hydrogen-bond acceptors (Lipinski definition) is 3. The lowest BCUT2D eigenvalue weighted by Gasteiger charge is -2.32. The molecule has 1 aromatic rings. The highest BCUT2D eigenvalue weighted by atomic mass is 16.1. The minimum absolute atomic E-state index is 0.233. The van der Waals surface area contributed by atoms with Crippen molar-refractivity contribution < 1.29 is 4.79 Å². The second-order valence-electron chi connectivity index (χ2n) is 5.32. The van der Waals surface area contributed by atoms with Crippen LogP contribution in [0.3, 0.4) is 0 Å². The largest absolute Gasteiger partial charge is 0.313 e. The fourth-order valence-electron chi connectivity index (χ4n) is 2.63. The molecule has 0 radical (unpaired) electrons. The van der Waals surface area contributed by atoms with Crippen LogP contribution in [0.15, 0.2) is 30.3 Å². The van der Waals surface area contributed by atoms with Crippen LogP contribution in [0.1, 0.15) is 36.5 Å². The van der Waals surface area contributed by atoms with Gasteiger partial charge in [-0.1, -0.05) is 37.3 Å². The van der Waals surface area contributed by atoms with Crippen LogP contribution in [0.4, 0.5) is 0 Å². The molecule has 1 saturated heterocycles. The summed E-state index contributed by atoms with van der Waals surface area (Å²) in [7, 11) is 0. The summed E-state index contributed by atoms with van der Waals surface area (Å²) < 4.78 is 0. The Hall–Kier alpha value is -1.19. The molecule has 0 bridgehead atoms. The lowest BCUT2D eigenvalue weighted by Crippen LogP contribution is -2.47. The zero-order chi connectivity index (χ0) is 13.5. The van der Waals surface area contributed by atoms with Crippen molar-refractivity contribution in [1.82, 2.24) is 10.2 Å². The van der Waals surface area contributed by atoms with Gasteiger partial charge in [0.2, 0.25) is 0 Å². The van der Waals surface area contributed by atoms with Gasteiger partial charge < -0.3 is 5.32 Å². The van der Waals surface area contributed by atoms with Gasteiger partial charge in [-0.15, -0.1) is 0 Å². The predicted octanol–water partition coefficient (Wildman–Crippen LogP) is 2.33. The first-order valence-electron chi connectivity index (χ1n) is 7.33. The molecular formula is C16H24N2O. The van der Waals surface area contributed by atoms with E-state index < -0.39 is 0 Å². The van der Waals surface area contributed by atoms with E-state index in [0.717, 1.165) is 25.2 Å². The third-order valence-corrected chi connectivity index (χ3v) is 3.65. The molecule has 3 nitrogen and oxygen atoms in total. The van der Waals surface area contributed by atoms with Crippen molar-refractivity contribution in [2.45, 2.75) is 32.2 Å². The SMILES string of the molecule is CCCNC1CCCN(CC(=O)c2ccccc2)C1. The van der Waals surface area contributed by atoms with Gasteiger partial charge in [-0.2, -0.15) is 0 Å². The molecule has 1 atom stereocenters. The Labute approximate surface area is 116 Å². The molecule has 1 aliphatic heterocycles. The molecule has 0 spiro atoms. The number of nitrogens with one attached hydrogen (secondary N) is 1. The summed E-state index contributed by atoms with van der Waals surface area (Å²) in [5, 5.41) is 3.56. The number of piperidine rings is 1. The Bertz CT molecular complexity index is 391.